The van der Waals surface area contributed by atoms with Gasteiger partial charge in [0.05, 0.1) is 6.26 Å². The van der Waals surface area contributed by atoms with Crippen LogP contribution in [-0.4, -0.2) is 13.2 Å². The molecule has 0 fully saturated rings. The van der Waals surface area contributed by atoms with Crippen molar-refractivity contribution in [2.24, 2.45) is 0 Å². The van der Waals surface area contributed by atoms with E-state index < -0.39 is 0 Å². The van der Waals surface area contributed by atoms with Gasteiger partial charge in [0.25, 0.3) is 0 Å². The normalized spacial score (nSPS) is 10.9. The van der Waals surface area contributed by atoms with Crippen LogP contribution >= 0.6 is 0 Å². The summed E-state index contributed by atoms with van der Waals surface area (Å²) in [6.45, 7) is 7.71. The first-order valence-electron chi connectivity index (χ1n) is 6.72. The minimum Gasteiger partial charge on any atom is -0.467 e. The van der Waals surface area contributed by atoms with Crippen LogP contribution in [0.2, 0.25) is 0 Å². The Kier molecular flexibility index (Phi) is 7.76. The van der Waals surface area contributed by atoms with E-state index in [9.17, 15) is 0 Å². The fraction of sp³-hybridized carbons (Fsp3) is 0.714. The summed E-state index contributed by atoms with van der Waals surface area (Å²) in [5.41, 5.74) is 1.22. The Morgan fingerprint density at radius 1 is 1.24 bits per heavy atom. The van der Waals surface area contributed by atoms with Crippen molar-refractivity contribution in [2.75, 3.05) is 13.2 Å². The lowest BCUT2D eigenvalue weighted by Crippen LogP contribution is -2.14. The number of rotatable bonds is 10. The second-order valence-corrected chi connectivity index (χ2v) is 4.31. The summed E-state index contributed by atoms with van der Waals surface area (Å²) in [5, 5.41) is 3.37. The molecule has 3 heteroatoms. The maximum atomic E-state index is 5.61. The first kappa shape index (κ1) is 14.3. The Hall–Kier alpha value is -0.800. The lowest BCUT2D eigenvalue weighted by Gasteiger charge is -2.05. The van der Waals surface area contributed by atoms with E-state index in [4.69, 9.17) is 9.15 Å². The van der Waals surface area contributed by atoms with Crippen LogP contribution in [-0.2, 0) is 17.9 Å². The Bertz CT molecular complexity index is 284. The Morgan fingerprint density at radius 2 is 2.12 bits per heavy atom. The van der Waals surface area contributed by atoms with Crippen molar-refractivity contribution < 1.29 is 9.15 Å². The third kappa shape index (κ3) is 5.89. The first-order valence-corrected chi connectivity index (χ1v) is 6.72. The first-order chi connectivity index (χ1) is 8.38. The van der Waals surface area contributed by atoms with Gasteiger partial charge < -0.3 is 14.5 Å². The quantitative estimate of drug-likeness (QED) is 0.635. The number of nitrogens with one attached hydrogen (secondary N) is 1. The summed E-state index contributed by atoms with van der Waals surface area (Å²) in [6, 6.07) is 2.02. The van der Waals surface area contributed by atoms with Crippen LogP contribution in [0.15, 0.2) is 16.7 Å². The van der Waals surface area contributed by atoms with Crippen LogP contribution < -0.4 is 5.32 Å². The van der Waals surface area contributed by atoms with Crippen molar-refractivity contribution in [1.82, 2.24) is 5.32 Å². The van der Waals surface area contributed by atoms with E-state index in [1.165, 1.54) is 18.4 Å². The van der Waals surface area contributed by atoms with Crippen molar-refractivity contribution >= 4 is 0 Å². The topological polar surface area (TPSA) is 34.4 Å². The van der Waals surface area contributed by atoms with Crippen LogP contribution in [0.5, 0.6) is 0 Å². The van der Waals surface area contributed by atoms with E-state index >= 15 is 0 Å². The maximum Gasteiger partial charge on any atom is 0.133 e. The summed E-state index contributed by atoms with van der Waals surface area (Å²) >= 11 is 0. The molecule has 0 aromatic carbocycles. The van der Waals surface area contributed by atoms with E-state index in [0.29, 0.717) is 6.61 Å². The van der Waals surface area contributed by atoms with Crippen LogP contribution in [0.1, 0.15) is 50.9 Å². The average molecular weight is 239 g/mol. The zero-order valence-electron chi connectivity index (χ0n) is 11.1. The largest absolute Gasteiger partial charge is 0.467 e. The predicted octanol–water partition coefficient (Wildman–Crippen LogP) is 3.49. The SMILES string of the molecule is CCCCCOCc1occc1CNCCC. The van der Waals surface area contributed by atoms with Gasteiger partial charge in [0.15, 0.2) is 0 Å². The second-order valence-electron chi connectivity index (χ2n) is 4.31. The van der Waals surface area contributed by atoms with Gasteiger partial charge in [-0.1, -0.05) is 26.7 Å². The predicted molar refractivity (Wildman–Crippen MR) is 69.9 cm³/mol. The highest BCUT2D eigenvalue weighted by atomic mass is 16.5. The molecule has 0 bridgehead atoms. The van der Waals surface area contributed by atoms with E-state index in [-0.39, 0.29) is 0 Å². The molecular weight excluding hydrogens is 214 g/mol. The highest BCUT2D eigenvalue weighted by molar-refractivity contribution is 5.16. The Morgan fingerprint density at radius 3 is 2.88 bits per heavy atom. The minimum atomic E-state index is 0.597. The number of hydrogen-bond donors (Lipinski definition) is 1. The molecule has 17 heavy (non-hydrogen) atoms. The smallest absolute Gasteiger partial charge is 0.133 e. The molecule has 0 spiro atoms. The van der Waals surface area contributed by atoms with Gasteiger partial charge in [-0.05, 0) is 25.5 Å². The van der Waals surface area contributed by atoms with Crippen molar-refractivity contribution in [2.45, 2.75) is 52.7 Å². The van der Waals surface area contributed by atoms with E-state index in [2.05, 4.69) is 19.2 Å². The molecule has 0 atom stereocenters. The average Bonchev–Trinajstić information content (AvgIpc) is 2.77. The van der Waals surface area contributed by atoms with Crippen molar-refractivity contribution in [1.29, 1.82) is 0 Å². The summed E-state index contributed by atoms with van der Waals surface area (Å²) in [4.78, 5) is 0. The third-order valence-electron chi connectivity index (χ3n) is 2.71. The highest BCUT2D eigenvalue weighted by Gasteiger charge is 2.05. The summed E-state index contributed by atoms with van der Waals surface area (Å²) in [7, 11) is 0. The minimum absolute atomic E-state index is 0.597. The molecule has 1 aromatic heterocycles. The molecule has 1 rings (SSSR count). The van der Waals surface area contributed by atoms with E-state index in [0.717, 1.165) is 38.3 Å². The van der Waals surface area contributed by atoms with Gasteiger partial charge in [0.1, 0.15) is 12.4 Å². The molecule has 3 nitrogen and oxygen atoms in total. The number of furan rings is 1. The fourth-order valence-electron chi connectivity index (χ4n) is 1.67. The maximum absolute atomic E-state index is 5.61. The second kappa shape index (κ2) is 9.25. The fourth-order valence-corrected chi connectivity index (χ4v) is 1.67. The van der Waals surface area contributed by atoms with Gasteiger partial charge in [0.2, 0.25) is 0 Å². The molecule has 0 amide bonds. The molecular formula is C14H25NO2. The number of hydrogen-bond acceptors (Lipinski definition) is 3. The molecule has 1 heterocycles. The zero-order valence-corrected chi connectivity index (χ0v) is 11.1. The molecule has 98 valence electrons. The van der Waals surface area contributed by atoms with Crippen molar-refractivity contribution in [3.63, 3.8) is 0 Å². The Balaban J connectivity index is 2.20. The monoisotopic (exact) mass is 239 g/mol. The van der Waals surface area contributed by atoms with Crippen LogP contribution in [0.25, 0.3) is 0 Å². The lowest BCUT2D eigenvalue weighted by molar-refractivity contribution is 0.102. The van der Waals surface area contributed by atoms with Crippen LogP contribution in [0.3, 0.4) is 0 Å². The summed E-state index contributed by atoms with van der Waals surface area (Å²) < 4.78 is 11.0. The molecule has 0 saturated heterocycles. The van der Waals surface area contributed by atoms with Crippen molar-refractivity contribution in [3.8, 4) is 0 Å². The molecule has 1 aromatic rings. The zero-order chi connectivity index (χ0) is 12.3. The van der Waals surface area contributed by atoms with Gasteiger partial charge in [-0.3, -0.25) is 0 Å². The molecule has 0 saturated carbocycles. The molecule has 0 aliphatic carbocycles. The van der Waals surface area contributed by atoms with Gasteiger partial charge in [-0.2, -0.15) is 0 Å². The standard InChI is InChI=1S/C14H25NO2/c1-3-5-6-9-16-12-14-13(7-10-17-14)11-15-8-4-2/h7,10,15H,3-6,8-9,11-12H2,1-2H3. The Labute approximate surface area is 105 Å². The lowest BCUT2D eigenvalue weighted by atomic mass is 10.2. The van der Waals surface area contributed by atoms with Gasteiger partial charge in [-0.15, -0.1) is 0 Å². The molecule has 0 unspecified atom stereocenters. The number of unbranched alkanes of at least 4 members (excludes halogenated alkanes) is 2. The van der Waals surface area contributed by atoms with Gasteiger partial charge >= 0.3 is 0 Å². The molecule has 0 aliphatic heterocycles. The van der Waals surface area contributed by atoms with Crippen LogP contribution in [0.4, 0.5) is 0 Å². The molecule has 0 radical (unpaired) electrons. The van der Waals surface area contributed by atoms with Crippen molar-refractivity contribution in [3.05, 3.63) is 23.7 Å². The van der Waals surface area contributed by atoms with Gasteiger partial charge in [0, 0.05) is 18.7 Å². The summed E-state index contributed by atoms with van der Waals surface area (Å²) in [6.07, 6.45) is 6.51. The molecule has 1 N–H and O–H groups in total. The third-order valence-corrected chi connectivity index (χ3v) is 2.71. The van der Waals surface area contributed by atoms with Gasteiger partial charge in [-0.25, -0.2) is 0 Å². The van der Waals surface area contributed by atoms with E-state index in [1.54, 1.807) is 6.26 Å². The number of ether oxygens (including phenoxy) is 1. The highest BCUT2D eigenvalue weighted by Crippen LogP contribution is 2.12. The van der Waals surface area contributed by atoms with E-state index in [1.807, 2.05) is 6.07 Å². The molecule has 0 aliphatic rings. The van der Waals surface area contributed by atoms with Crippen LogP contribution in [0, 0.1) is 0 Å². The summed E-state index contributed by atoms with van der Waals surface area (Å²) in [5.74, 6) is 0.963.